The van der Waals surface area contributed by atoms with Crippen molar-refractivity contribution in [3.63, 3.8) is 0 Å². The van der Waals surface area contributed by atoms with Gasteiger partial charge in [0.25, 0.3) is 0 Å². The molecule has 0 spiro atoms. The summed E-state index contributed by atoms with van der Waals surface area (Å²) < 4.78 is 6.09. The lowest BCUT2D eigenvalue weighted by atomic mass is 9.99. The lowest BCUT2D eigenvalue weighted by Gasteiger charge is -2.07. The Bertz CT molecular complexity index is 1190. The monoisotopic (exact) mass is 352 g/mol. The number of anilines is 1. The first-order valence-corrected chi connectivity index (χ1v) is 8.82. The van der Waals surface area contributed by atoms with E-state index in [1.165, 1.54) is 0 Å². The van der Waals surface area contributed by atoms with Crippen LogP contribution in [0.1, 0.15) is 11.3 Å². The number of rotatable bonds is 2. The third-order valence-electron chi connectivity index (χ3n) is 4.70. The first-order chi connectivity index (χ1) is 13.3. The molecule has 0 saturated heterocycles. The van der Waals surface area contributed by atoms with Crippen LogP contribution in [0.15, 0.2) is 88.3 Å². The Hall–Kier alpha value is -3.66. The highest BCUT2D eigenvalue weighted by Crippen LogP contribution is 2.34. The third kappa shape index (κ3) is 2.72. The molecular weight excluding hydrogens is 336 g/mol. The van der Waals surface area contributed by atoms with E-state index >= 15 is 0 Å². The molecule has 0 bridgehead atoms. The summed E-state index contributed by atoms with van der Waals surface area (Å²) in [4.78, 5) is 16.7. The number of para-hydroxylation sites is 1. The summed E-state index contributed by atoms with van der Waals surface area (Å²) in [6, 6.07) is 26.0. The molecule has 1 aromatic heterocycles. The van der Waals surface area contributed by atoms with Crippen molar-refractivity contribution in [2.24, 2.45) is 4.99 Å². The second-order valence-corrected chi connectivity index (χ2v) is 6.46. The standard InChI is InChI=1S/C23H16N2O2/c26-20-14-24-21(23-22(25-20)18-11-4-5-12-19(18)27-23)17-10-6-9-16(13-17)15-7-2-1-3-8-15/h1-13H,14H2,(H,25,26). The van der Waals surface area contributed by atoms with Gasteiger partial charge in [-0.05, 0) is 29.3 Å². The highest BCUT2D eigenvalue weighted by molar-refractivity contribution is 6.21. The SMILES string of the molecule is O=C1CN=C(c2cccc(-c3ccccc3)c2)c2oc3ccccc3c2N1. The average Bonchev–Trinajstić information content (AvgIpc) is 2.98. The number of nitrogens with one attached hydrogen (secondary N) is 1. The van der Waals surface area contributed by atoms with Crippen molar-refractivity contribution < 1.29 is 9.21 Å². The lowest BCUT2D eigenvalue weighted by Crippen LogP contribution is -2.13. The van der Waals surface area contributed by atoms with Crippen LogP contribution in [0.3, 0.4) is 0 Å². The predicted molar refractivity (Wildman–Crippen MR) is 107 cm³/mol. The van der Waals surface area contributed by atoms with Crippen molar-refractivity contribution in [3.05, 3.63) is 90.2 Å². The van der Waals surface area contributed by atoms with E-state index in [-0.39, 0.29) is 12.5 Å². The van der Waals surface area contributed by atoms with Gasteiger partial charge in [0, 0.05) is 10.9 Å². The van der Waals surface area contributed by atoms with Gasteiger partial charge in [0.2, 0.25) is 5.91 Å². The molecule has 4 heteroatoms. The van der Waals surface area contributed by atoms with Gasteiger partial charge in [-0.1, -0.05) is 60.7 Å². The molecule has 0 aliphatic carbocycles. The molecule has 0 radical (unpaired) electrons. The van der Waals surface area contributed by atoms with E-state index in [1.807, 2.05) is 54.6 Å². The van der Waals surface area contributed by atoms with Crippen LogP contribution in [-0.2, 0) is 4.79 Å². The largest absolute Gasteiger partial charge is 0.452 e. The van der Waals surface area contributed by atoms with Crippen LogP contribution in [0.2, 0.25) is 0 Å². The number of hydrogen-bond acceptors (Lipinski definition) is 3. The molecule has 5 rings (SSSR count). The molecule has 4 nitrogen and oxygen atoms in total. The van der Waals surface area contributed by atoms with Gasteiger partial charge in [0.1, 0.15) is 17.8 Å². The van der Waals surface area contributed by atoms with Crippen molar-refractivity contribution in [2.75, 3.05) is 11.9 Å². The lowest BCUT2D eigenvalue weighted by molar-refractivity contribution is -0.114. The summed E-state index contributed by atoms with van der Waals surface area (Å²) in [5.41, 5.74) is 5.27. The number of fused-ring (bicyclic) bond motifs is 3. The highest BCUT2D eigenvalue weighted by atomic mass is 16.3. The van der Waals surface area contributed by atoms with Crippen LogP contribution >= 0.6 is 0 Å². The zero-order valence-corrected chi connectivity index (χ0v) is 14.5. The average molecular weight is 352 g/mol. The third-order valence-corrected chi connectivity index (χ3v) is 4.70. The summed E-state index contributed by atoms with van der Waals surface area (Å²) in [6.45, 7) is 0.0728. The molecule has 4 aromatic rings. The minimum atomic E-state index is -0.142. The van der Waals surface area contributed by atoms with Crippen LogP contribution in [0, 0.1) is 0 Å². The normalized spacial score (nSPS) is 13.6. The van der Waals surface area contributed by atoms with Crippen molar-refractivity contribution in [1.29, 1.82) is 0 Å². The fourth-order valence-corrected chi connectivity index (χ4v) is 3.44. The Kier molecular flexibility index (Phi) is 3.61. The number of benzene rings is 3. The summed E-state index contributed by atoms with van der Waals surface area (Å²) in [7, 11) is 0. The van der Waals surface area contributed by atoms with Crippen molar-refractivity contribution in [2.45, 2.75) is 0 Å². The van der Waals surface area contributed by atoms with Gasteiger partial charge in [-0.3, -0.25) is 9.79 Å². The molecule has 1 amide bonds. The Balaban J connectivity index is 1.69. The Morgan fingerprint density at radius 3 is 2.44 bits per heavy atom. The molecule has 0 atom stereocenters. The molecule has 130 valence electrons. The van der Waals surface area contributed by atoms with Crippen LogP contribution in [0.25, 0.3) is 22.1 Å². The van der Waals surface area contributed by atoms with E-state index in [0.29, 0.717) is 17.2 Å². The van der Waals surface area contributed by atoms with Crippen LogP contribution in [0.5, 0.6) is 0 Å². The van der Waals surface area contributed by atoms with E-state index in [4.69, 9.17) is 4.42 Å². The maximum absolute atomic E-state index is 12.2. The van der Waals surface area contributed by atoms with Gasteiger partial charge in [-0.15, -0.1) is 0 Å². The van der Waals surface area contributed by atoms with Crippen LogP contribution < -0.4 is 5.32 Å². The highest BCUT2D eigenvalue weighted by Gasteiger charge is 2.24. The van der Waals surface area contributed by atoms with Gasteiger partial charge in [0.05, 0.1) is 5.69 Å². The number of carbonyl (C=O) groups excluding carboxylic acids is 1. The van der Waals surface area contributed by atoms with E-state index in [1.54, 1.807) is 0 Å². The van der Waals surface area contributed by atoms with Crippen LogP contribution in [-0.4, -0.2) is 18.2 Å². The van der Waals surface area contributed by atoms with Crippen molar-refractivity contribution >= 4 is 28.3 Å². The molecule has 1 aliphatic heterocycles. The van der Waals surface area contributed by atoms with E-state index in [9.17, 15) is 4.79 Å². The second-order valence-electron chi connectivity index (χ2n) is 6.46. The number of carbonyl (C=O) groups is 1. The maximum atomic E-state index is 12.2. The molecule has 0 saturated carbocycles. The molecule has 3 aromatic carbocycles. The predicted octanol–water partition coefficient (Wildman–Crippen LogP) is 4.89. The quantitative estimate of drug-likeness (QED) is 0.558. The fraction of sp³-hybridized carbons (Fsp3) is 0.0435. The first kappa shape index (κ1) is 15.6. The van der Waals surface area contributed by atoms with Crippen molar-refractivity contribution in [3.8, 4) is 11.1 Å². The Labute approximate surface area is 156 Å². The molecule has 0 unspecified atom stereocenters. The zero-order chi connectivity index (χ0) is 18.2. The summed E-state index contributed by atoms with van der Waals surface area (Å²) in [6.07, 6.45) is 0. The minimum absolute atomic E-state index is 0.0728. The van der Waals surface area contributed by atoms with E-state index in [2.05, 4.69) is 34.6 Å². The van der Waals surface area contributed by atoms with Gasteiger partial charge < -0.3 is 9.73 Å². The summed E-state index contributed by atoms with van der Waals surface area (Å²) >= 11 is 0. The molecular formula is C23H16N2O2. The topological polar surface area (TPSA) is 54.6 Å². The van der Waals surface area contributed by atoms with Crippen LogP contribution in [0.4, 0.5) is 5.69 Å². The van der Waals surface area contributed by atoms with Gasteiger partial charge >= 0.3 is 0 Å². The number of nitrogens with zero attached hydrogens (tertiary/aromatic N) is 1. The van der Waals surface area contributed by atoms with Gasteiger partial charge in [-0.2, -0.15) is 0 Å². The molecule has 1 aliphatic rings. The number of hydrogen-bond donors (Lipinski definition) is 1. The number of furan rings is 1. The molecule has 1 N–H and O–H groups in total. The zero-order valence-electron chi connectivity index (χ0n) is 14.5. The molecule has 2 heterocycles. The number of aliphatic imine (C=N–C) groups is 1. The summed E-state index contributed by atoms with van der Waals surface area (Å²) in [5.74, 6) is 0.462. The van der Waals surface area contributed by atoms with E-state index in [0.717, 1.165) is 27.7 Å². The van der Waals surface area contributed by atoms with Gasteiger partial charge in [-0.25, -0.2) is 0 Å². The van der Waals surface area contributed by atoms with Gasteiger partial charge in [0.15, 0.2) is 5.76 Å². The molecule has 0 fully saturated rings. The summed E-state index contributed by atoms with van der Waals surface area (Å²) in [5, 5.41) is 3.83. The fourth-order valence-electron chi connectivity index (χ4n) is 3.44. The minimum Gasteiger partial charge on any atom is -0.452 e. The number of amides is 1. The Morgan fingerprint density at radius 2 is 1.56 bits per heavy atom. The van der Waals surface area contributed by atoms with E-state index < -0.39 is 0 Å². The smallest absolute Gasteiger partial charge is 0.246 e. The first-order valence-electron chi connectivity index (χ1n) is 8.82. The van der Waals surface area contributed by atoms with Crippen molar-refractivity contribution in [1.82, 2.24) is 0 Å². The molecule has 27 heavy (non-hydrogen) atoms. The maximum Gasteiger partial charge on any atom is 0.246 e. The second kappa shape index (κ2) is 6.25. The Morgan fingerprint density at radius 1 is 0.815 bits per heavy atom.